The minimum absolute atomic E-state index is 0.131. The van der Waals surface area contributed by atoms with Gasteiger partial charge in [-0.05, 0) is 80.1 Å². The average Bonchev–Trinajstić information content (AvgIpc) is 3.60. The van der Waals surface area contributed by atoms with Gasteiger partial charge in [0.05, 0.1) is 46.0 Å². The number of aromatic nitrogens is 1. The van der Waals surface area contributed by atoms with Crippen LogP contribution in [0.2, 0.25) is 0 Å². The van der Waals surface area contributed by atoms with Gasteiger partial charge in [0, 0.05) is 30.1 Å². The minimum atomic E-state index is -1.57. The molecular formula is C44H50N3O6PS. The first kappa shape index (κ1) is 40.5. The van der Waals surface area contributed by atoms with E-state index in [1.165, 1.54) is 0 Å². The van der Waals surface area contributed by atoms with Crippen molar-refractivity contribution in [2.45, 2.75) is 76.7 Å². The van der Waals surface area contributed by atoms with Gasteiger partial charge in [0.15, 0.2) is 0 Å². The maximum Gasteiger partial charge on any atom is 0.259 e. The van der Waals surface area contributed by atoms with Gasteiger partial charge < -0.3 is 32.6 Å². The molecule has 1 saturated heterocycles. The number of fused-ring (bicyclic) bond motifs is 1. The third kappa shape index (κ3) is 8.95. The van der Waals surface area contributed by atoms with Crippen LogP contribution in [0.5, 0.6) is 11.5 Å². The van der Waals surface area contributed by atoms with Crippen molar-refractivity contribution in [1.29, 1.82) is 5.26 Å². The van der Waals surface area contributed by atoms with Crippen LogP contribution in [0.15, 0.2) is 115 Å². The van der Waals surface area contributed by atoms with Crippen molar-refractivity contribution in [2.75, 3.05) is 27.4 Å². The standard InChI is InChI=1S/C44H50N3O6PS/c1-31(2)47(32(3)4)54(51-28-12-26-45)53-40-29-42(46-27-25-33-13-10-11-16-39(33)43(46)55)52-41(40)30-50-44(34-14-8-7-9-15-34,35-17-21-37(48-5)22-18-35)36-19-23-38(49-6)24-20-36/h7-11,13-25,27,31-32,40-42H,12,28-30H2,1-6H3/t40-,41+,42+,54?/m0/s1. The first-order valence-electron chi connectivity index (χ1n) is 18.7. The Kier molecular flexibility index (Phi) is 13.7. The molecule has 4 atom stereocenters. The summed E-state index contributed by atoms with van der Waals surface area (Å²) in [6, 6.07) is 38.9. The summed E-state index contributed by atoms with van der Waals surface area (Å²) in [5.41, 5.74) is 1.73. The zero-order valence-electron chi connectivity index (χ0n) is 32.3. The Labute approximate surface area is 331 Å². The van der Waals surface area contributed by atoms with Crippen molar-refractivity contribution in [3.05, 3.63) is 137 Å². The summed E-state index contributed by atoms with van der Waals surface area (Å²) in [4.78, 5) is 0. The number of pyridine rings is 1. The van der Waals surface area contributed by atoms with Crippen molar-refractivity contribution in [2.24, 2.45) is 0 Å². The lowest BCUT2D eigenvalue weighted by molar-refractivity contribution is -0.0920. The van der Waals surface area contributed by atoms with Gasteiger partial charge in [-0.1, -0.05) is 91.1 Å². The molecule has 5 aromatic rings. The molecule has 11 heteroatoms. The average molecular weight is 780 g/mol. The zero-order chi connectivity index (χ0) is 39.0. The summed E-state index contributed by atoms with van der Waals surface area (Å²) < 4.78 is 43.9. The molecule has 0 amide bonds. The van der Waals surface area contributed by atoms with Crippen molar-refractivity contribution >= 4 is 31.5 Å². The lowest BCUT2D eigenvalue weighted by Crippen LogP contribution is -2.39. The molecule has 6 rings (SSSR count). The first-order valence-corrected chi connectivity index (χ1v) is 20.2. The highest BCUT2D eigenvalue weighted by atomic mass is 32.1. The molecule has 0 saturated carbocycles. The number of rotatable bonds is 17. The second kappa shape index (κ2) is 18.6. The van der Waals surface area contributed by atoms with Gasteiger partial charge in [0.1, 0.15) is 34.1 Å². The maximum absolute atomic E-state index is 9.37. The fourth-order valence-electron chi connectivity index (χ4n) is 7.25. The summed E-state index contributed by atoms with van der Waals surface area (Å²) in [7, 11) is 1.75. The fraction of sp³-hybridized carbons (Fsp3) is 0.364. The van der Waals surface area contributed by atoms with Crippen LogP contribution in [0.25, 0.3) is 10.8 Å². The van der Waals surface area contributed by atoms with E-state index in [-0.39, 0.29) is 31.7 Å². The van der Waals surface area contributed by atoms with E-state index >= 15 is 0 Å². The predicted molar refractivity (Wildman–Crippen MR) is 220 cm³/mol. The topological polar surface area (TPSA) is 87.3 Å². The molecule has 9 nitrogen and oxygen atoms in total. The third-order valence-corrected chi connectivity index (χ3v) is 12.4. The molecule has 55 heavy (non-hydrogen) atoms. The van der Waals surface area contributed by atoms with E-state index in [1.54, 1.807) is 14.2 Å². The van der Waals surface area contributed by atoms with E-state index in [1.807, 2.05) is 95.7 Å². The van der Waals surface area contributed by atoms with Crippen LogP contribution in [0.4, 0.5) is 0 Å². The number of methoxy groups -OCH3 is 2. The number of hydrogen-bond donors (Lipinski definition) is 0. The van der Waals surface area contributed by atoms with Gasteiger partial charge in [-0.25, -0.2) is 4.67 Å². The van der Waals surface area contributed by atoms with E-state index < -0.39 is 32.6 Å². The maximum atomic E-state index is 9.37. The molecule has 1 aliphatic rings. The molecule has 0 bridgehead atoms. The summed E-state index contributed by atoms with van der Waals surface area (Å²) in [6.07, 6.45) is 1.38. The van der Waals surface area contributed by atoms with Crippen LogP contribution in [-0.4, -0.2) is 61.0 Å². The molecule has 2 heterocycles. The summed E-state index contributed by atoms with van der Waals surface area (Å²) >= 11 is 6.06. The lowest BCUT2D eigenvalue weighted by atomic mass is 9.80. The second-order valence-electron chi connectivity index (χ2n) is 14.0. The van der Waals surface area contributed by atoms with Crippen LogP contribution in [0.1, 0.15) is 63.5 Å². The molecular weight excluding hydrogens is 730 g/mol. The first-order chi connectivity index (χ1) is 26.7. The third-order valence-electron chi connectivity index (χ3n) is 9.86. The molecule has 0 spiro atoms. The molecule has 288 valence electrons. The molecule has 1 unspecified atom stereocenters. The molecule has 0 N–H and O–H groups in total. The van der Waals surface area contributed by atoms with Gasteiger partial charge in [-0.3, -0.25) is 0 Å². The van der Waals surface area contributed by atoms with Gasteiger partial charge in [0.2, 0.25) is 0 Å². The smallest absolute Gasteiger partial charge is 0.259 e. The van der Waals surface area contributed by atoms with E-state index in [2.05, 4.69) is 62.7 Å². The highest BCUT2D eigenvalue weighted by Gasteiger charge is 2.45. The Morgan fingerprint density at radius 3 is 2.00 bits per heavy atom. The van der Waals surface area contributed by atoms with Crippen LogP contribution in [-0.2, 0) is 24.1 Å². The second-order valence-corrected chi connectivity index (χ2v) is 15.8. The van der Waals surface area contributed by atoms with Gasteiger partial charge in [0.25, 0.3) is 8.53 Å². The highest BCUT2D eigenvalue weighted by molar-refractivity contribution is 7.71. The summed E-state index contributed by atoms with van der Waals surface area (Å²) in [6.45, 7) is 8.96. The Balaban J connectivity index is 1.44. The molecule has 0 radical (unpaired) electrons. The Morgan fingerprint density at radius 1 is 0.836 bits per heavy atom. The molecule has 1 fully saturated rings. The summed E-state index contributed by atoms with van der Waals surface area (Å²) in [5.74, 6) is 1.49. The minimum Gasteiger partial charge on any atom is -0.497 e. The quantitative estimate of drug-likeness (QED) is 0.0396. The number of nitriles is 1. The molecule has 4 aromatic carbocycles. The van der Waals surface area contributed by atoms with E-state index in [4.69, 9.17) is 40.2 Å². The van der Waals surface area contributed by atoms with Crippen molar-refractivity contribution in [1.82, 2.24) is 9.24 Å². The van der Waals surface area contributed by atoms with Crippen LogP contribution in [0, 0.1) is 16.0 Å². The van der Waals surface area contributed by atoms with Crippen molar-refractivity contribution in [3.63, 3.8) is 0 Å². The van der Waals surface area contributed by atoms with Crippen LogP contribution in [0.3, 0.4) is 0 Å². The monoisotopic (exact) mass is 779 g/mol. The van der Waals surface area contributed by atoms with Crippen LogP contribution >= 0.6 is 20.7 Å². The SMILES string of the molecule is COc1ccc(C(OC[C@H]2O[C@@H](n3ccc4ccccc4c3=S)C[C@@H]2OP(OCCC#N)N(C(C)C)C(C)C)(c2ccccc2)c2ccc(OC)cc2)cc1. The fourth-order valence-corrected chi connectivity index (χ4v) is 9.38. The summed E-state index contributed by atoms with van der Waals surface area (Å²) in [5, 5.41) is 11.4. The Morgan fingerprint density at radius 2 is 1.42 bits per heavy atom. The molecule has 1 aliphatic heterocycles. The Bertz CT molecular complexity index is 2030. The number of hydrogen-bond acceptors (Lipinski definition) is 9. The number of nitrogens with zero attached hydrogens (tertiary/aromatic N) is 3. The van der Waals surface area contributed by atoms with Crippen molar-refractivity contribution in [3.8, 4) is 17.6 Å². The zero-order valence-corrected chi connectivity index (χ0v) is 34.0. The predicted octanol–water partition coefficient (Wildman–Crippen LogP) is 10.3. The van der Waals surface area contributed by atoms with Gasteiger partial charge in [-0.15, -0.1) is 0 Å². The lowest BCUT2D eigenvalue weighted by Gasteiger charge is -2.39. The van der Waals surface area contributed by atoms with Crippen molar-refractivity contribution < 1.29 is 28.0 Å². The normalized spacial score (nSPS) is 17.9. The number of benzene rings is 4. The Hall–Kier alpha value is -4.17. The highest BCUT2D eigenvalue weighted by Crippen LogP contribution is 2.51. The number of ether oxygens (including phenoxy) is 4. The molecule has 1 aromatic heterocycles. The van der Waals surface area contributed by atoms with E-state index in [0.29, 0.717) is 11.1 Å². The van der Waals surface area contributed by atoms with Gasteiger partial charge in [-0.2, -0.15) is 5.26 Å². The van der Waals surface area contributed by atoms with E-state index in [0.717, 1.165) is 39.0 Å². The van der Waals surface area contributed by atoms with Gasteiger partial charge >= 0.3 is 0 Å². The van der Waals surface area contributed by atoms with Crippen LogP contribution < -0.4 is 9.47 Å². The van der Waals surface area contributed by atoms with E-state index in [9.17, 15) is 5.26 Å². The largest absolute Gasteiger partial charge is 0.497 e. The molecule has 0 aliphatic carbocycles.